The van der Waals surface area contributed by atoms with Crippen molar-refractivity contribution in [3.63, 3.8) is 0 Å². The van der Waals surface area contributed by atoms with Crippen molar-refractivity contribution in [3.05, 3.63) is 47.8 Å². The molecule has 1 aromatic heterocycles. The standard InChI is InChI=1S/C16H21N3O/c1-2-17-15-8-7-14-13(15)5-3-6-16(14)20-12-11-19-10-4-9-18-19/h3-6,9-10,15,17H,2,7-8,11-12H2,1H3. The van der Waals surface area contributed by atoms with Crippen LogP contribution in [0.3, 0.4) is 0 Å². The van der Waals surface area contributed by atoms with Gasteiger partial charge in [0.2, 0.25) is 0 Å². The van der Waals surface area contributed by atoms with Crippen molar-refractivity contribution in [2.45, 2.75) is 32.4 Å². The molecule has 0 saturated carbocycles. The fourth-order valence-electron chi connectivity index (χ4n) is 2.90. The van der Waals surface area contributed by atoms with Crippen LogP contribution in [0.1, 0.15) is 30.5 Å². The molecule has 0 fully saturated rings. The molecule has 0 amide bonds. The minimum atomic E-state index is 0.490. The second-order valence-corrected chi connectivity index (χ2v) is 5.09. The SMILES string of the molecule is CCNC1CCc2c(OCCn3cccn3)cccc21. The lowest BCUT2D eigenvalue weighted by atomic mass is 10.1. The molecule has 2 aromatic rings. The third-order valence-electron chi connectivity index (χ3n) is 3.82. The Morgan fingerprint density at radius 2 is 2.35 bits per heavy atom. The van der Waals surface area contributed by atoms with Gasteiger partial charge in [-0.25, -0.2) is 0 Å². The molecule has 1 aliphatic rings. The summed E-state index contributed by atoms with van der Waals surface area (Å²) in [6.45, 7) is 4.61. The van der Waals surface area contributed by atoms with Gasteiger partial charge in [0, 0.05) is 18.4 Å². The van der Waals surface area contributed by atoms with Crippen molar-refractivity contribution in [2.75, 3.05) is 13.2 Å². The van der Waals surface area contributed by atoms with E-state index in [1.165, 1.54) is 17.5 Å². The Balaban J connectivity index is 1.65. The first-order valence-corrected chi connectivity index (χ1v) is 7.34. The van der Waals surface area contributed by atoms with Crippen LogP contribution >= 0.6 is 0 Å². The van der Waals surface area contributed by atoms with Gasteiger partial charge in [0.05, 0.1) is 6.54 Å². The Kier molecular flexibility index (Phi) is 4.02. The van der Waals surface area contributed by atoms with Crippen molar-refractivity contribution in [1.82, 2.24) is 15.1 Å². The van der Waals surface area contributed by atoms with Crippen molar-refractivity contribution in [3.8, 4) is 5.75 Å². The number of rotatable bonds is 6. The fraction of sp³-hybridized carbons (Fsp3) is 0.438. The first-order valence-electron chi connectivity index (χ1n) is 7.34. The van der Waals surface area contributed by atoms with Crippen LogP contribution in [-0.2, 0) is 13.0 Å². The van der Waals surface area contributed by atoms with Crippen molar-refractivity contribution in [1.29, 1.82) is 0 Å². The summed E-state index contributed by atoms with van der Waals surface area (Å²) in [7, 11) is 0. The summed E-state index contributed by atoms with van der Waals surface area (Å²) in [6, 6.07) is 8.82. The van der Waals surface area contributed by atoms with Gasteiger partial charge in [0.1, 0.15) is 12.4 Å². The third-order valence-corrected chi connectivity index (χ3v) is 3.82. The number of fused-ring (bicyclic) bond motifs is 1. The molecule has 106 valence electrons. The first-order chi connectivity index (χ1) is 9.88. The van der Waals surface area contributed by atoms with E-state index in [0.29, 0.717) is 12.6 Å². The van der Waals surface area contributed by atoms with Gasteiger partial charge in [-0.2, -0.15) is 5.10 Å². The zero-order chi connectivity index (χ0) is 13.8. The number of hydrogen-bond donors (Lipinski definition) is 1. The van der Waals surface area contributed by atoms with E-state index < -0.39 is 0 Å². The molecule has 1 aromatic carbocycles. The molecule has 0 saturated heterocycles. The monoisotopic (exact) mass is 271 g/mol. The van der Waals surface area contributed by atoms with Crippen LogP contribution in [-0.4, -0.2) is 22.9 Å². The lowest BCUT2D eigenvalue weighted by Crippen LogP contribution is -2.18. The van der Waals surface area contributed by atoms with Gasteiger partial charge in [0.25, 0.3) is 0 Å². The summed E-state index contributed by atoms with van der Waals surface area (Å²) in [6.07, 6.45) is 6.02. The molecule has 1 atom stereocenters. The molecule has 4 nitrogen and oxygen atoms in total. The van der Waals surface area contributed by atoms with Crippen LogP contribution in [0.15, 0.2) is 36.7 Å². The molecular weight excluding hydrogens is 250 g/mol. The van der Waals surface area contributed by atoms with E-state index in [4.69, 9.17) is 4.74 Å². The lowest BCUT2D eigenvalue weighted by molar-refractivity contribution is 0.289. The molecule has 0 spiro atoms. The van der Waals surface area contributed by atoms with E-state index in [0.717, 1.165) is 25.3 Å². The molecule has 20 heavy (non-hydrogen) atoms. The number of nitrogens with one attached hydrogen (secondary N) is 1. The number of ether oxygens (including phenoxy) is 1. The maximum Gasteiger partial charge on any atom is 0.122 e. The number of nitrogens with zero attached hydrogens (tertiary/aromatic N) is 2. The van der Waals surface area contributed by atoms with Crippen molar-refractivity contribution in [2.24, 2.45) is 0 Å². The molecule has 0 radical (unpaired) electrons. The topological polar surface area (TPSA) is 39.1 Å². The van der Waals surface area contributed by atoms with Gasteiger partial charge in [-0.3, -0.25) is 4.68 Å². The van der Waals surface area contributed by atoms with Crippen molar-refractivity contribution < 1.29 is 4.74 Å². The number of aromatic nitrogens is 2. The smallest absolute Gasteiger partial charge is 0.122 e. The second-order valence-electron chi connectivity index (χ2n) is 5.09. The summed E-state index contributed by atoms with van der Waals surface area (Å²) in [4.78, 5) is 0. The molecule has 4 heteroatoms. The average molecular weight is 271 g/mol. The molecule has 1 N–H and O–H groups in total. The highest BCUT2D eigenvalue weighted by atomic mass is 16.5. The molecule has 0 bridgehead atoms. The Morgan fingerprint density at radius 3 is 3.15 bits per heavy atom. The van der Waals surface area contributed by atoms with Gasteiger partial charge in [-0.1, -0.05) is 19.1 Å². The highest BCUT2D eigenvalue weighted by Crippen LogP contribution is 2.36. The normalized spacial score (nSPS) is 17.1. The van der Waals surface area contributed by atoms with E-state index in [1.807, 2.05) is 16.9 Å². The predicted octanol–water partition coefficient (Wildman–Crippen LogP) is 2.56. The number of benzene rings is 1. The van der Waals surface area contributed by atoms with E-state index in [1.54, 1.807) is 6.20 Å². The first kappa shape index (κ1) is 13.2. The summed E-state index contributed by atoms with van der Waals surface area (Å²) >= 11 is 0. The summed E-state index contributed by atoms with van der Waals surface area (Å²) < 4.78 is 7.85. The second kappa shape index (κ2) is 6.09. The minimum Gasteiger partial charge on any atom is -0.491 e. The maximum atomic E-state index is 5.96. The third kappa shape index (κ3) is 2.70. The molecular formula is C16H21N3O. The minimum absolute atomic E-state index is 0.490. The van der Waals surface area contributed by atoms with Crippen LogP contribution in [0.4, 0.5) is 0 Å². The Bertz CT molecular complexity index is 551. The van der Waals surface area contributed by atoms with Gasteiger partial charge in [-0.05, 0) is 42.6 Å². The van der Waals surface area contributed by atoms with Crippen LogP contribution in [0.5, 0.6) is 5.75 Å². The molecule has 1 heterocycles. The van der Waals surface area contributed by atoms with Crippen LogP contribution < -0.4 is 10.1 Å². The highest BCUT2D eigenvalue weighted by Gasteiger charge is 2.24. The average Bonchev–Trinajstić information content (AvgIpc) is 3.10. The maximum absolute atomic E-state index is 5.96. The van der Waals surface area contributed by atoms with Gasteiger partial charge in [0.15, 0.2) is 0 Å². The molecule has 1 unspecified atom stereocenters. The summed E-state index contributed by atoms with van der Waals surface area (Å²) in [5.74, 6) is 1.04. The van der Waals surface area contributed by atoms with Crippen LogP contribution in [0.2, 0.25) is 0 Å². The molecule has 3 rings (SSSR count). The van der Waals surface area contributed by atoms with E-state index in [9.17, 15) is 0 Å². The number of hydrogen-bond acceptors (Lipinski definition) is 3. The van der Waals surface area contributed by atoms with Crippen LogP contribution in [0, 0.1) is 0 Å². The van der Waals surface area contributed by atoms with Crippen LogP contribution in [0.25, 0.3) is 0 Å². The Labute approximate surface area is 119 Å². The van der Waals surface area contributed by atoms with E-state index in [-0.39, 0.29) is 0 Å². The molecule has 1 aliphatic carbocycles. The summed E-state index contributed by atoms with van der Waals surface area (Å²) in [5.41, 5.74) is 2.78. The quantitative estimate of drug-likeness (QED) is 0.877. The van der Waals surface area contributed by atoms with E-state index in [2.05, 4.69) is 35.5 Å². The van der Waals surface area contributed by atoms with Gasteiger partial charge >= 0.3 is 0 Å². The summed E-state index contributed by atoms with van der Waals surface area (Å²) in [5, 5.41) is 7.72. The lowest BCUT2D eigenvalue weighted by Gasteiger charge is -2.14. The fourth-order valence-corrected chi connectivity index (χ4v) is 2.90. The molecule has 0 aliphatic heterocycles. The Hall–Kier alpha value is -1.81. The van der Waals surface area contributed by atoms with Gasteiger partial charge < -0.3 is 10.1 Å². The zero-order valence-electron chi connectivity index (χ0n) is 11.9. The van der Waals surface area contributed by atoms with E-state index >= 15 is 0 Å². The Morgan fingerprint density at radius 1 is 1.40 bits per heavy atom. The predicted molar refractivity (Wildman–Crippen MR) is 78.9 cm³/mol. The van der Waals surface area contributed by atoms with Gasteiger partial charge in [-0.15, -0.1) is 0 Å². The highest BCUT2D eigenvalue weighted by molar-refractivity contribution is 5.45. The zero-order valence-corrected chi connectivity index (χ0v) is 11.9. The van der Waals surface area contributed by atoms with Crippen molar-refractivity contribution >= 4 is 0 Å². The largest absolute Gasteiger partial charge is 0.491 e.